The van der Waals surface area contributed by atoms with Crippen molar-refractivity contribution < 1.29 is 5.11 Å². The van der Waals surface area contributed by atoms with Crippen molar-refractivity contribution in [2.45, 2.75) is 31.8 Å². The molecule has 1 aliphatic rings. The minimum Gasteiger partial charge on any atom is -0.385 e. The van der Waals surface area contributed by atoms with Crippen molar-refractivity contribution in [2.75, 3.05) is 0 Å². The average molecular weight is 334 g/mol. The molecular weight excluding hydrogens is 320 g/mol. The van der Waals surface area contributed by atoms with E-state index in [0.29, 0.717) is 5.92 Å². The van der Waals surface area contributed by atoms with E-state index < -0.39 is 5.60 Å². The second-order valence-corrected chi connectivity index (χ2v) is 6.37. The van der Waals surface area contributed by atoms with Crippen LogP contribution in [0.15, 0.2) is 27.1 Å². The smallest absolute Gasteiger partial charge is 0.0900 e. The van der Waals surface area contributed by atoms with E-state index in [2.05, 4.69) is 38.8 Å². The number of rotatable bonds is 1. The van der Waals surface area contributed by atoms with Crippen LogP contribution >= 0.6 is 31.9 Å². The summed E-state index contributed by atoms with van der Waals surface area (Å²) in [6.45, 7) is 2.20. The quantitative estimate of drug-likeness (QED) is 0.815. The fourth-order valence-corrected chi connectivity index (χ4v) is 3.64. The van der Waals surface area contributed by atoms with Gasteiger partial charge in [-0.15, -0.1) is 0 Å². The van der Waals surface area contributed by atoms with Crippen LogP contribution in [0, 0.1) is 5.92 Å². The highest BCUT2D eigenvalue weighted by Crippen LogP contribution is 2.43. The summed E-state index contributed by atoms with van der Waals surface area (Å²) in [4.78, 5) is 0. The van der Waals surface area contributed by atoms with E-state index >= 15 is 0 Å². The SMILES string of the molecule is CC1CCC(O)(c2cc(Br)cc(Br)c2)C1. The summed E-state index contributed by atoms with van der Waals surface area (Å²) in [5.41, 5.74) is 0.402. The summed E-state index contributed by atoms with van der Waals surface area (Å²) in [7, 11) is 0. The number of aliphatic hydroxyl groups is 1. The van der Waals surface area contributed by atoms with Gasteiger partial charge in [0, 0.05) is 8.95 Å². The molecule has 0 heterocycles. The van der Waals surface area contributed by atoms with Crippen molar-refractivity contribution in [1.29, 1.82) is 0 Å². The Labute approximate surface area is 107 Å². The van der Waals surface area contributed by atoms with Crippen molar-refractivity contribution >= 4 is 31.9 Å². The molecule has 0 saturated heterocycles. The second-order valence-electron chi connectivity index (χ2n) is 4.54. The summed E-state index contributed by atoms with van der Waals surface area (Å²) in [6.07, 6.45) is 2.85. The van der Waals surface area contributed by atoms with Gasteiger partial charge in [-0.3, -0.25) is 0 Å². The largest absolute Gasteiger partial charge is 0.385 e. The Balaban J connectivity index is 2.36. The third-order valence-electron chi connectivity index (χ3n) is 3.14. The van der Waals surface area contributed by atoms with Crippen molar-refractivity contribution in [3.8, 4) is 0 Å². The molecule has 1 saturated carbocycles. The van der Waals surface area contributed by atoms with E-state index in [1.807, 2.05) is 18.2 Å². The van der Waals surface area contributed by atoms with Gasteiger partial charge < -0.3 is 5.11 Å². The standard InChI is InChI=1S/C12H14Br2O/c1-8-2-3-12(15,7-8)9-4-10(13)6-11(14)5-9/h4-6,8,15H,2-3,7H2,1H3. The van der Waals surface area contributed by atoms with Gasteiger partial charge in [0.25, 0.3) is 0 Å². The van der Waals surface area contributed by atoms with Gasteiger partial charge in [-0.05, 0) is 48.9 Å². The maximum Gasteiger partial charge on any atom is 0.0900 e. The van der Waals surface area contributed by atoms with Crippen molar-refractivity contribution in [3.05, 3.63) is 32.7 Å². The minimum atomic E-state index is -0.619. The molecular formula is C12H14Br2O. The predicted molar refractivity (Wildman–Crippen MR) is 68.8 cm³/mol. The summed E-state index contributed by atoms with van der Waals surface area (Å²) >= 11 is 6.92. The van der Waals surface area contributed by atoms with Gasteiger partial charge in [-0.25, -0.2) is 0 Å². The first-order chi connectivity index (χ1) is 6.99. The lowest BCUT2D eigenvalue weighted by molar-refractivity contribution is 0.0407. The molecule has 1 N–H and O–H groups in total. The molecule has 1 aromatic rings. The van der Waals surface area contributed by atoms with Crippen molar-refractivity contribution in [2.24, 2.45) is 5.92 Å². The number of hydrogen-bond donors (Lipinski definition) is 1. The zero-order valence-electron chi connectivity index (χ0n) is 8.63. The van der Waals surface area contributed by atoms with E-state index in [1.54, 1.807) is 0 Å². The van der Waals surface area contributed by atoms with Crippen molar-refractivity contribution in [3.63, 3.8) is 0 Å². The van der Waals surface area contributed by atoms with Gasteiger partial charge >= 0.3 is 0 Å². The summed E-state index contributed by atoms with van der Waals surface area (Å²) in [6, 6.07) is 6.02. The van der Waals surface area contributed by atoms with E-state index in [-0.39, 0.29) is 0 Å². The second kappa shape index (κ2) is 4.19. The molecule has 1 aliphatic carbocycles. The Morgan fingerprint density at radius 2 is 1.87 bits per heavy atom. The first kappa shape index (κ1) is 11.6. The lowest BCUT2D eigenvalue weighted by Crippen LogP contribution is -2.21. The molecule has 82 valence electrons. The van der Waals surface area contributed by atoms with Crippen LogP contribution < -0.4 is 0 Å². The Hall–Kier alpha value is 0.140. The Morgan fingerprint density at radius 1 is 1.27 bits per heavy atom. The van der Waals surface area contributed by atoms with Gasteiger partial charge in [0.05, 0.1) is 5.60 Å². The molecule has 0 amide bonds. The fraction of sp³-hybridized carbons (Fsp3) is 0.500. The summed E-state index contributed by atoms with van der Waals surface area (Å²) in [5, 5.41) is 10.5. The summed E-state index contributed by atoms with van der Waals surface area (Å²) < 4.78 is 2.03. The molecule has 2 rings (SSSR count). The number of hydrogen-bond acceptors (Lipinski definition) is 1. The third kappa shape index (κ3) is 2.45. The van der Waals surface area contributed by atoms with Crippen LogP contribution in [0.2, 0.25) is 0 Å². The first-order valence-corrected chi connectivity index (χ1v) is 6.77. The Kier molecular flexibility index (Phi) is 3.25. The molecule has 2 atom stereocenters. The molecule has 0 spiro atoms. The maximum absolute atomic E-state index is 10.5. The molecule has 1 nitrogen and oxygen atoms in total. The highest BCUT2D eigenvalue weighted by Gasteiger charge is 2.37. The van der Waals surface area contributed by atoms with E-state index in [4.69, 9.17) is 0 Å². The normalized spacial score (nSPS) is 30.8. The first-order valence-electron chi connectivity index (χ1n) is 5.18. The zero-order valence-corrected chi connectivity index (χ0v) is 11.8. The predicted octanol–water partition coefficient (Wildman–Crippen LogP) is 4.22. The van der Waals surface area contributed by atoms with Crippen LogP contribution in [0.5, 0.6) is 0 Å². The monoisotopic (exact) mass is 332 g/mol. The molecule has 2 unspecified atom stereocenters. The van der Waals surface area contributed by atoms with Crippen LogP contribution in [0.25, 0.3) is 0 Å². The zero-order chi connectivity index (χ0) is 11.1. The molecule has 0 aliphatic heterocycles. The van der Waals surface area contributed by atoms with Crippen LogP contribution in [-0.2, 0) is 5.60 Å². The molecule has 0 aromatic heterocycles. The minimum absolute atomic E-state index is 0.618. The molecule has 15 heavy (non-hydrogen) atoms. The fourth-order valence-electron chi connectivity index (χ4n) is 2.35. The topological polar surface area (TPSA) is 20.2 Å². The Bertz CT molecular complexity index is 358. The molecule has 3 heteroatoms. The molecule has 1 fully saturated rings. The number of halogens is 2. The van der Waals surface area contributed by atoms with E-state index in [1.165, 1.54) is 0 Å². The van der Waals surface area contributed by atoms with Gasteiger partial charge in [0.1, 0.15) is 0 Å². The van der Waals surface area contributed by atoms with Gasteiger partial charge in [-0.2, -0.15) is 0 Å². The van der Waals surface area contributed by atoms with Gasteiger partial charge in [-0.1, -0.05) is 38.8 Å². The highest BCUT2D eigenvalue weighted by atomic mass is 79.9. The lowest BCUT2D eigenvalue weighted by atomic mass is 9.91. The van der Waals surface area contributed by atoms with Crippen LogP contribution in [0.1, 0.15) is 31.7 Å². The van der Waals surface area contributed by atoms with Crippen molar-refractivity contribution in [1.82, 2.24) is 0 Å². The number of benzene rings is 1. The Morgan fingerprint density at radius 3 is 2.33 bits per heavy atom. The van der Waals surface area contributed by atoms with Crippen LogP contribution in [0.4, 0.5) is 0 Å². The molecule has 0 bridgehead atoms. The summed E-state index contributed by atoms with van der Waals surface area (Å²) in [5.74, 6) is 0.618. The van der Waals surface area contributed by atoms with E-state index in [9.17, 15) is 5.11 Å². The average Bonchev–Trinajstić information content (AvgIpc) is 2.46. The highest BCUT2D eigenvalue weighted by molar-refractivity contribution is 9.11. The van der Waals surface area contributed by atoms with Gasteiger partial charge in [0.15, 0.2) is 0 Å². The third-order valence-corrected chi connectivity index (χ3v) is 4.05. The van der Waals surface area contributed by atoms with Crippen LogP contribution in [-0.4, -0.2) is 5.11 Å². The maximum atomic E-state index is 10.5. The lowest BCUT2D eigenvalue weighted by Gasteiger charge is -2.23. The van der Waals surface area contributed by atoms with Crippen LogP contribution in [0.3, 0.4) is 0 Å². The molecule has 0 radical (unpaired) electrons. The van der Waals surface area contributed by atoms with E-state index in [0.717, 1.165) is 33.8 Å². The molecule has 1 aromatic carbocycles. The van der Waals surface area contributed by atoms with Gasteiger partial charge in [0.2, 0.25) is 0 Å².